The fourth-order valence-corrected chi connectivity index (χ4v) is 1.73. The summed E-state index contributed by atoms with van der Waals surface area (Å²) in [5, 5.41) is 1.20. The van der Waals surface area contributed by atoms with E-state index in [-0.39, 0.29) is 0 Å². The van der Waals surface area contributed by atoms with Crippen molar-refractivity contribution in [3.63, 3.8) is 0 Å². The predicted molar refractivity (Wildman–Crippen MR) is 64.5 cm³/mol. The molecule has 2 rings (SSSR count). The highest BCUT2D eigenvalue weighted by Gasteiger charge is 2.00. The monoisotopic (exact) mass is 235 g/mol. The molecule has 0 nitrogen and oxygen atoms in total. The standard InChI is InChI=1S/C13H9Cl2/c14-12-7-6-11(9-13(12)15)8-10-4-2-1-3-5-10/h1-4,6-7,9H,8H2. The van der Waals surface area contributed by atoms with Crippen molar-refractivity contribution in [3.05, 3.63) is 69.7 Å². The Morgan fingerprint density at radius 1 is 1.00 bits per heavy atom. The van der Waals surface area contributed by atoms with Gasteiger partial charge in [0.25, 0.3) is 0 Å². The van der Waals surface area contributed by atoms with E-state index >= 15 is 0 Å². The average Bonchev–Trinajstić information content (AvgIpc) is 2.25. The van der Waals surface area contributed by atoms with E-state index in [4.69, 9.17) is 23.2 Å². The molecule has 2 aromatic carbocycles. The second-order valence-corrected chi connectivity index (χ2v) is 4.13. The van der Waals surface area contributed by atoms with Crippen molar-refractivity contribution in [2.24, 2.45) is 0 Å². The van der Waals surface area contributed by atoms with E-state index in [1.54, 1.807) is 0 Å². The molecule has 0 amide bonds. The minimum Gasteiger partial charge on any atom is -0.0827 e. The van der Waals surface area contributed by atoms with Crippen molar-refractivity contribution in [1.29, 1.82) is 0 Å². The molecule has 1 radical (unpaired) electrons. The van der Waals surface area contributed by atoms with Gasteiger partial charge in [0.05, 0.1) is 10.0 Å². The zero-order valence-corrected chi connectivity index (χ0v) is 9.52. The lowest BCUT2D eigenvalue weighted by atomic mass is 10.1. The Labute approximate surface area is 99.5 Å². The predicted octanol–water partition coefficient (Wildman–Crippen LogP) is 4.38. The van der Waals surface area contributed by atoms with Crippen molar-refractivity contribution in [2.75, 3.05) is 0 Å². The van der Waals surface area contributed by atoms with Gasteiger partial charge in [0, 0.05) is 0 Å². The first-order valence-corrected chi connectivity index (χ1v) is 5.41. The number of halogens is 2. The highest BCUT2D eigenvalue weighted by molar-refractivity contribution is 6.42. The van der Waals surface area contributed by atoms with Gasteiger partial charge < -0.3 is 0 Å². The molecule has 0 aromatic heterocycles. The minimum atomic E-state index is 0.595. The largest absolute Gasteiger partial charge is 0.0827 e. The lowest BCUT2D eigenvalue weighted by molar-refractivity contribution is 1.19. The molecular weight excluding hydrogens is 227 g/mol. The van der Waals surface area contributed by atoms with Crippen LogP contribution in [0, 0.1) is 6.07 Å². The van der Waals surface area contributed by atoms with Crippen molar-refractivity contribution in [1.82, 2.24) is 0 Å². The van der Waals surface area contributed by atoms with E-state index in [0.717, 1.165) is 17.5 Å². The molecule has 2 aromatic rings. The summed E-state index contributed by atoms with van der Waals surface area (Å²) in [6.45, 7) is 0. The molecule has 15 heavy (non-hydrogen) atoms. The lowest BCUT2D eigenvalue weighted by Crippen LogP contribution is -1.87. The topological polar surface area (TPSA) is 0 Å². The summed E-state index contributed by atoms with van der Waals surface area (Å²) >= 11 is 11.8. The number of hydrogen-bond acceptors (Lipinski definition) is 0. The van der Waals surface area contributed by atoms with E-state index in [1.807, 2.05) is 42.5 Å². The third-order valence-electron chi connectivity index (χ3n) is 2.15. The maximum Gasteiger partial charge on any atom is 0.0595 e. The number of benzene rings is 2. The normalized spacial score (nSPS) is 10.3. The van der Waals surface area contributed by atoms with E-state index in [1.165, 1.54) is 0 Å². The SMILES string of the molecule is Clc1ccc(Cc2[c]cccc2)cc1Cl. The molecule has 0 atom stereocenters. The summed E-state index contributed by atoms with van der Waals surface area (Å²) in [5.41, 5.74) is 2.29. The van der Waals surface area contributed by atoms with E-state index in [0.29, 0.717) is 10.0 Å². The van der Waals surface area contributed by atoms with Crippen molar-refractivity contribution >= 4 is 23.2 Å². The second-order valence-electron chi connectivity index (χ2n) is 3.31. The molecule has 75 valence electrons. The minimum absolute atomic E-state index is 0.595. The van der Waals surface area contributed by atoms with Crippen LogP contribution in [0.1, 0.15) is 11.1 Å². The molecule has 0 fully saturated rings. The number of hydrogen-bond donors (Lipinski definition) is 0. The molecule has 0 aliphatic carbocycles. The first kappa shape index (κ1) is 10.5. The fraction of sp³-hybridized carbons (Fsp3) is 0.0769. The Kier molecular flexibility index (Phi) is 3.30. The Hall–Kier alpha value is -0.980. The van der Waals surface area contributed by atoms with Crippen LogP contribution in [0.4, 0.5) is 0 Å². The zero-order chi connectivity index (χ0) is 10.7. The molecule has 0 unspecified atom stereocenters. The Morgan fingerprint density at radius 3 is 2.53 bits per heavy atom. The van der Waals surface area contributed by atoms with Gasteiger partial charge in [-0.15, -0.1) is 0 Å². The van der Waals surface area contributed by atoms with Gasteiger partial charge in [0.1, 0.15) is 0 Å². The zero-order valence-electron chi connectivity index (χ0n) is 8.00. The van der Waals surface area contributed by atoms with Crippen LogP contribution in [0.25, 0.3) is 0 Å². The third-order valence-corrected chi connectivity index (χ3v) is 2.89. The van der Waals surface area contributed by atoms with E-state index < -0.39 is 0 Å². The van der Waals surface area contributed by atoms with Gasteiger partial charge in [-0.05, 0) is 35.7 Å². The van der Waals surface area contributed by atoms with Gasteiger partial charge in [-0.3, -0.25) is 0 Å². The third kappa shape index (κ3) is 2.74. The van der Waals surface area contributed by atoms with Crippen LogP contribution in [0.15, 0.2) is 42.5 Å². The fourth-order valence-electron chi connectivity index (χ4n) is 1.41. The first-order chi connectivity index (χ1) is 7.25. The first-order valence-electron chi connectivity index (χ1n) is 4.65. The van der Waals surface area contributed by atoms with Gasteiger partial charge >= 0.3 is 0 Å². The molecule has 0 spiro atoms. The quantitative estimate of drug-likeness (QED) is 0.725. The van der Waals surface area contributed by atoms with E-state index in [9.17, 15) is 0 Å². The maximum atomic E-state index is 5.94. The van der Waals surface area contributed by atoms with Crippen LogP contribution in [-0.4, -0.2) is 0 Å². The Balaban J connectivity index is 2.22. The van der Waals surface area contributed by atoms with Crippen molar-refractivity contribution < 1.29 is 0 Å². The van der Waals surface area contributed by atoms with Crippen LogP contribution in [0.2, 0.25) is 10.0 Å². The molecule has 0 saturated heterocycles. The van der Waals surface area contributed by atoms with Crippen LogP contribution >= 0.6 is 23.2 Å². The molecule has 0 aliphatic rings. The smallest absolute Gasteiger partial charge is 0.0595 e. The molecular formula is C13H9Cl2. The van der Waals surface area contributed by atoms with Crippen LogP contribution in [0.5, 0.6) is 0 Å². The van der Waals surface area contributed by atoms with Gasteiger partial charge in [-0.1, -0.05) is 53.5 Å². The van der Waals surface area contributed by atoms with Gasteiger partial charge in [-0.25, -0.2) is 0 Å². The summed E-state index contributed by atoms with van der Waals surface area (Å²) in [7, 11) is 0. The van der Waals surface area contributed by atoms with Gasteiger partial charge in [0.15, 0.2) is 0 Å². The second kappa shape index (κ2) is 4.69. The molecule has 0 heterocycles. The molecule has 0 aliphatic heterocycles. The van der Waals surface area contributed by atoms with Crippen LogP contribution in [-0.2, 0) is 6.42 Å². The van der Waals surface area contributed by atoms with Crippen molar-refractivity contribution in [2.45, 2.75) is 6.42 Å². The Morgan fingerprint density at radius 2 is 1.87 bits per heavy atom. The summed E-state index contributed by atoms with van der Waals surface area (Å²) in [5.74, 6) is 0. The Bertz CT molecular complexity index is 449. The van der Waals surface area contributed by atoms with Crippen LogP contribution < -0.4 is 0 Å². The lowest BCUT2D eigenvalue weighted by Gasteiger charge is -2.02. The summed E-state index contributed by atoms with van der Waals surface area (Å²) < 4.78 is 0. The highest BCUT2D eigenvalue weighted by atomic mass is 35.5. The number of rotatable bonds is 2. The molecule has 2 heteroatoms. The summed E-state index contributed by atoms with van der Waals surface area (Å²) in [6, 6.07) is 16.8. The molecule has 0 saturated carbocycles. The van der Waals surface area contributed by atoms with Crippen LogP contribution in [0.3, 0.4) is 0 Å². The van der Waals surface area contributed by atoms with E-state index in [2.05, 4.69) is 6.07 Å². The highest BCUT2D eigenvalue weighted by Crippen LogP contribution is 2.23. The average molecular weight is 236 g/mol. The summed E-state index contributed by atoms with van der Waals surface area (Å²) in [4.78, 5) is 0. The van der Waals surface area contributed by atoms with Gasteiger partial charge in [-0.2, -0.15) is 0 Å². The maximum absolute atomic E-state index is 5.94. The molecule has 0 bridgehead atoms. The van der Waals surface area contributed by atoms with Crippen molar-refractivity contribution in [3.8, 4) is 0 Å². The van der Waals surface area contributed by atoms with Gasteiger partial charge in [0.2, 0.25) is 0 Å². The summed E-state index contributed by atoms with van der Waals surface area (Å²) in [6.07, 6.45) is 0.831. The molecule has 0 N–H and O–H groups in total.